The van der Waals surface area contributed by atoms with Gasteiger partial charge in [0.2, 0.25) is 0 Å². The second-order valence-corrected chi connectivity index (χ2v) is 16.6. The molecular formula is C56H50N26. The zero-order valence-corrected chi connectivity index (χ0v) is 42.9. The molecule has 0 saturated heterocycles. The topological polar surface area (TPSA) is 331 Å². The number of nitrogens with zero attached hydrogens (tertiary/aromatic N) is 24. The number of aromatic nitrogens is 8. The summed E-state index contributed by atoms with van der Waals surface area (Å²) in [5, 5.41) is 0.914. The molecular weight excluding hydrogens is 1040 g/mol. The Morgan fingerprint density at radius 2 is 1.32 bits per heavy atom. The SMILES string of the molecule is C.C1=CC2=NC=NC2=NC1.C1=CC2=NC=NC2N=C1.C1=CC2N=CN=C2N=C1.C1=CN=C2N=CN=C2C1.C1=NC2=CCC=NC2=N1.C1=Nc2ncccc2C1.c1cnc2c(c1)=NCN=2.c1cnc2nc[nH]c2c1.c1cnc2nc[nH]c2c1. The van der Waals surface area contributed by atoms with E-state index in [1.807, 2.05) is 104 Å². The molecule has 404 valence electrons. The van der Waals surface area contributed by atoms with Crippen LogP contribution in [0.5, 0.6) is 0 Å². The van der Waals surface area contributed by atoms with Crippen molar-refractivity contribution in [2.24, 2.45) is 89.9 Å². The number of dihydropyridines is 4. The number of imidazole rings is 2. The van der Waals surface area contributed by atoms with Gasteiger partial charge in [0.05, 0.1) is 41.7 Å². The molecule has 82 heavy (non-hydrogen) atoms. The molecule has 0 fully saturated rings. The highest BCUT2D eigenvalue weighted by Crippen LogP contribution is 2.19. The summed E-state index contributed by atoms with van der Waals surface area (Å²) in [7, 11) is 0. The van der Waals surface area contributed by atoms with Crippen molar-refractivity contribution in [2.45, 2.75) is 38.9 Å². The zero-order chi connectivity index (χ0) is 54.9. The van der Waals surface area contributed by atoms with Crippen LogP contribution in [-0.4, -0.2) is 162 Å². The molecule has 0 amide bonds. The van der Waals surface area contributed by atoms with Crippen LogP contribution in [0.2, 0.25) is 0 Å². The van der Waals surface area contributed by atoms with Gasteiger partial charge in [0.1, 0.15) is 61.2 Å². The Hall–Kier alpha value is -11.4. The van der Waals surface area contributed by atoms with Crippen LogP contribution in [0, 0.1) is 0 Å². The Morgan fingerprint density at radius 1 is 0.537 bits per heavy atom. The summed E-state index contributed by atoms with van der Waals surface area (Å²) >= 11 is 0. The minimum absolute atomic E-state index is 0. The van der Waals surface area contributed by atoms with Gasteiger partial charge in [0, 0.05) is 80.7 Å². The van der Waals surface area contributed by atoms with E-state index >= 15 is 0 Å². The molecule has 6 aromatic heterocycles. The molecule has 2 atom stereocenters. The highest BCUT2D eigenvalue weighted by Gasteiger charge is 2.16. The minimum Gasteiger partial charge on any atom is -0.343 e. The van der Waals surface area contributed by atoms with E-state index in [4.69, 9.17) is 0 Å². The monoisotopic (exact) mass is 1090 g/mol. The molecule has 0 saturated carbocycles. The van der Waals surface area contributed by atoms with Crippen molar-refractivity contribution in [1.82, 2.24) is 39.9 Å². The lowest BCUT2D eigenvalue weighted by Crippen LogP contribution is -2.23. The standard InChI is InChI=1S/C7H6N2.8C6H5N3.CH4/c1-2-6-3-5-9-7(6)8-4-1;8*1-2-5-6(7-3-1)9-4-8-5;/h1-2,4-5H,3H2;2-4H,1H2;1,3-4H,2H2;1-2,4H,3H2;1-3H,4H2;2*1-4H,(H,7,8,9);1-4,6H;1-5H;1H4. The molecule has 0 radical (unpaired) electrons. The van der Waals surface area contributed by atoms with Gasteiger partial charge in [-0.05, 0) is 72.8 Å². The van der Waals surface area contributed by atoms with Crippen molar-refractivity contribution in [3.8, 4) is 0 Å². The predicted octanol–water partition coefficient (Wildman–Crippen LogP) is 6.06. The fourth-order valence-electron chi connectivity index (χ4n) is 7.40. The molecule has 26 nitrogen and oxygen atoms in total. The fourth-order valence-corrected chi connectivity index (χ4v) is 7.40. The van der Waals surface area contributed by atoms with Gasteiger partial charge in [-0.1, -0.05) is 31.7 Å². The van der Waals surface area contributed by atoms with Crippen molar-refractivity contribution in [3.05, 3.63) is 163 Å². The summed E-state index contributed by atoms with van der Waals surface area (Å²) < 4.78 is 0. The lowest BCUT2D eigenvalue weighted by Gasteiger charge is -2.02. The van der Waals surface area contributed by atoms with Crippen LogP contribution in [0.1, 0.15) is 25.8 Å². The van der Waals surface area contributed by atoms with Crippen molar-refractivity contribution >= 4 is 125 Å². The number of amidine groups is 4. The Bertz CT molecular complexity index is 3790. The molecule has 0 aliphatic carbocycles. The van der Waals surface area contributed by atoms with Gasteiger partial charge in [-0.2, -0.15) is 0 Å². The number of pyridine rings is 4. The van der Waals surface area contributed by atoms with E-state index in [0.717, 1.165) is 111 Å². The summed E-state index contributed by atoms with van der Waals surface area (Å²) in [4.78, 5) is 102. The van der Waals surface area contributed by atoms with Gasteiger partial charge < -0.3 is 9.97 Å². The van der Waals surface area contributed by atoms with Crippen molar-refractivity contribution < 1.29 is 0 Å². The van der Waals surface area contributed by atoms with Gasteiger partial charge in [0.15, 0.2) is 52.1 Å². The first-order valence-corrected chi connectivity index (χ1v) is 25.0. The fraction of sp³-hybridized carbons (Fsp3) is 0.143. The third-order valence-corrected chi connectivity index (χ3v) is 11.3. The van der Waals surface area contributed by atoms with Gasteiger partial charge in [-0.25, -0.2) is 99.8 Å². The van der Waals surface area contributed by atoms with Crippen LogP contribution >= 0.6 is 0 Å². The van der Waals surface area contributed by atoms with E-state index in [1.54, 1.807) is 75.1 Å². The van der Waals surface area contributed by atoms with E-state index in [2.05, 4.69) is 136 Å². The van der Waals surface area contributed by atoms with Crippen molar-refractivity contribution in [3.63, 3.8) is 0 Å². The predicted molar refractivity (Wildman–Crippen MR) is 328 cm³/mol. The summed E-state index contributed by atoms with van der Waals surface area (Å²) in [5.74, 6) is 3.99. The van der Waals surface area contributed by atoms with Crippen LogP contribution in [0.3, 0.4) is 0 Å². The number of hydrogen-bond donors (Lipinski definition) is 2. The Morgan fingerprint density at radius 3 is 2.10 bits per heavy atom. The highest BCUT2D eigenvalue weighted by atomic mass is 15.1. The first-order chi connectivity index (χ1) is 40.2. The number of rotatable bonds is 0. The summed E-state index contributed by atoms with van der Waals surface area (Å²) in [6.45, 7) is 1.29. The van der Waals surface area contributed by atoms with Crippen LogP contribution in [0.15, 0.2) is 236 Å². The van der Waals surface area contributed by atoms with E-state index in [1.165, 1.54) is 18.2 Å². The van der Waals surface area contributed by atoms with Crippen molar-refractivity contribution in [2.75, 3.05) is 13.2 Å². The molecule has 12 aliphatic heterocycles. The minimum atomic E-state index is -0.0324. The normalized spacial score (nSPS) is 18.5. The average Bonchev–Trinajstić information content (AvgIpc) is 4.39. The molecule has 0 bridgehead atoms. The number of H-pyrrole nitrogens is 2. The van der Waals surface area contributed by atoms with E-state index in [0.29, 0.717) is 6.67 Å². The third-order valence-electron chi connectivity index (χ3n) is 11.3. The maximum Gasteiger partial charge on any atom is 0.183 e. The van der Waals surface area contributed by atoms with Gasteiger partial charge in [-0.3, -0.25) is 20.0 Å². The molecule has 0 aromatic carbocycles. The van der Waals surface area contributed by atoms with Crippen LogP contribution in [0.4, 0.5) is 5.82 Å². The largest absolute Gasteiger partial charge is 0.343 e. The Kier molecular flexibility index (Phi) is 19.8. The third kappa shape index (κ3) is 15.6. The summed E-state index contributed by atoms with van der Waals surface area (Å²) in [6, 6.07) is 15.5. The summed E-state index contributed by atoms with van der Waals surface area (Å²) in [5.41, 5.74) is 9.26. The molecule has 2 N–H and O–H groups in total. The Balaban J connectivity index is 0.000000111. The quantitative estimate of drug-likeness (QED) is 0.182. The lowest BCUT2D eigenvalue weighted by atomic mass is 10.2. The number of aliphatic imine (C=N–C) groups is 16. The second-order valence-electron chi connectivity index (χ2n) is 16.6. The van der Waals surface area contributed by atoms with Crippen LogP contribution in [0.25, 0.3) is 22.3 Å². The average molecular weight is 1090 g/mol. The van der Waals surface area contributed by atoms with E-state index < -0.39 is 0 Å². The molecule has 0 spiro atoms. The van der Waals surface area contributed by atoms with Gasteiger partial charge in [0.25, 0.3) is 0 Å². The maximum atomic E-state index is 4.09. The summed E-state index contributed by atoms with van der Waals surface area (Å²) in [6.07, 6.45) is 45.1. The molecule has 12 aliphatic rings. The number of aromatic amines is 2. The second kappa shape index (κ2) is 29.3. The molecule has 2 unspecified atom stereocenters. The first-order valence-electron chi connectivity index (χ1n) is 25.0. The van der Waals surface area contributed by atoms with Crippen LogP contribution in [-0.2, 0) is 6.42 Å². The van der Waals surface area contributed by atoms with Gasteiger partial charge >= 0.3 is 0 Å². The first kappa shape index (κ1) is 55.3. The van der Waals surface area contributed by atoms with Crippen LogP contribution < -0.4 is 10.8 Å². The van der Waals surface area contributed by atoms with Crippen molar-refractivity contribution in [1.29, 1.82) is 0 Å². The zero-order valence-electron chi connectivity index (χ0n) is 42.9. The lowest BCUT2D eigenvalue weighted by molar-refractivity contribution is 0.954. The Labute approximate surface area is 468 Å². The number of fused-ring (bicyclic) bond motifs is 9. The maximum absolute atomic E-state index is 4.09. The number of allylic oxidation sites excluding steroid dienone is 4. The smallest absolute Gasteiger partial charge is 0.183 e. The molecule has 26 heteroatoms. The molecule has 18 rings (SSSR count). The number of hydrogen-bond acceptors (Lipinski definition) is 24. The highest BCUT2D eigenvalue weighted by molar-refractivity contribution is 6.50. The molecule has 18 heterocycles. The van der Waals surface area contributed by atoms with E-state index in [9.17, 15) is 0 Å². The van der Waals surface area contributed by atoms with Gasteiger partial charge in [-0.15, -0.1) is 0 Å². The number of nitrogens with one attached hydrogen (secondary N) is 2. The van der Waals surface area contributed by atoms with E-state index in [-0.39, 0.29) is 19.6 Å². The molecule has 6 aromatic rings.